The van der Waals surface area contributed by atoms with Gasteiger partial charge in [0.2, 0.25) is 0 Å². The Balaban J connectivity index is 2.40. The van der Waals surface area contributed by atoms with Crippen molar-refractivity contribution in [2.75, 3.05) is 0 Å². The predicted octanol–water partition coefficient (Wildman–Crippen LogP) is 3.81. The summed E-state index contributed by atoms with van der Waals surface area (Å²) in [6.45, 7) is 1.76. The van der Waals surface area contributed by atoms with Gasteiger partial charge in [-0.1, -0.05) is 49.4 Å². The van der Waals surface area contributed by atoms with Crippen molar-refractivity contribution in [3.8, 4) is 0 Å². The lowest BCUT2D eigenvalue weighted by Gasteiger charge is -2.28. The smallest absolute Gasteiger partial charge is 0.164 e. The van der Waals surface area contributed by atoms with Crippen LogP contribution in [0.5, 0.6) is 0 Å². The van der Waals surface area contributed by atoms with Crippen molar-refractivity contribution in [3.05, 3.63) is 71.3 Å². The number of hydrogen-bond acceptors (Lipinski definition) is 1. The van der Waals surface area contributed by atoms with Gasteiger partial charge in [0.05, 0.1) is 5.60 Å². The molecule has 19 heavy (non-hydrogen) atoms. The molecule has 0 aliphatic rings. The molecule has 0 aliphatic carbocycles. The lowest BCUT2D eigenvalue weighted by atomic mass is 9.84. The van der Waals surface area contributed by atoms with E-state index in [2.05, 4.69) is 0 Å². The second-order valence-corrected chi connectivity index (χ2v) is 4.65. The highest BCUT2D eigenvalue weighted by atomic mass is 19.2. The first kappa shape index (κ1) is 13.7. The van der Waals surface area contributed by atoms with Crippen LogP contribution in [0.25, 0.3) is 0 Å². The second kappa shape index (κ2) is 5.49. The van der Waals surface area contributed by atoms with Gasteiger partial charge in [0.25, 0.3) is 0 Å². The summed E-state index contributed by atoms with van der Waals surface area (Å²) in [5.74, 6) is -1.90. The van der Waals surface area contributed by atoms with Gasteiger partial charge in [-0.05, 0) is 18.1 Å². The Morgan fingerprint density at radius 2 is 1.68 bits per heavy atom. The molecule has 0 amide bonds. The van der Waals surface area contributed by atoms with E-state index in [0.29, 0.717) is 6.42 Å². The number of halogens is 2. The first-order chi connectivity index (χ1) is 9.07. The van der Waals surface area contributed by atoms with Crippen LogP contribution in [0.4, 0.5) is 8.78 Å². The fourth-order valence-corrected chi connectivity index (χ4v) is 2.21. The van der Waals surface area contributed by atoms with Crippen LogP contribution in [-0.2, 0) is 12.0 Å². The summed E-state index contributed by atoms with van der Waals surface area (Å²) in [6.07, 6.45) is 0.562. The van der Waals surface area contributed by atoms with Gasteiger partial charge >= 0.3 is 0 Å². The summed E-state index contributed by atoms with van der Waals surface area (Å²) in [4.78, 5) is 0. The van der Waals surface area contributed by atoms with E-state index in [1.165, 1.54) is 12.1 Å². The SMILES string of the molecule is CCC(O)(Cc1ccccc1)c1cccc(F)c1F. The molecule has 2 aromatic carbocycles. The molecule has 2 aromatic rings. The average Bonchev–Trinajstić information content (AvgIpc) is 2.43. The zero-order valence-electron chi connectivity index (χ0n) is 10.7. The van der Waals surface area contributed by atoms with E-state index < -0.39 is 17.2 Å². The van der Waals surface area contributed by atoms with Gasteiger partial charge in [-0.2, -0.15) is 0 Å². The van der Waals surface area contributed by atoms with Crippen molar-refractivity contribution in [2.24, 2.45) is 0 Å². The number of aliphatic hydroxyl groups is 1. The lowest BCUT2D eigenvalue weighted by Crippen LogP contribution is -2.29. The zero-order valence-corrected chi connectivity index (χ0v) is 10.7. The van der Waals surface area contributed by atoms with E-state index in [-0.39, 0.29) is 12.0 Å². The van der Waals surface area contributed by atoms with Gasteiger partial charge in [0.1, 0.15) is 0 Å². The van der Waals surface area contributed by atoms with Gasteiger partial charge in [0, 0.05) is 12.0 Å². The summed E-state index contributed by atoms with van der Waals surface area (Å²) in [5, 5.41) is 10.6. The van der Waals surface area contributed by atoms with Crippen molar-refractivity contribution >= 4 is 0 Å². The fourth-order valence-electron chi connectivity index (χ4n) is 2.21. The third kappa shape index (κ3) is 2.82. The van der Waals surface area contributed by atoms with Crippen LogP contribution in [0.2, 0.25) is 0 Å². The monoisotopic (exact) mass is 262 g/mol. The maximum Gasteiger partial charge on any atom is 0.164 e. The molecule has 0 saturated heterocycles. The predicted molar refractivity (Wildman–Crippen MR) is 70.7 cm³/mol. The lowest BCUT2D eigenvalue weighted by molar-refractivity contribution is 0.0285. The van der Waals surface area contributed by atoms with Crippen LogP contribution in [0.1, 0.15) is 24.5 Å². The minimum Gasteiger partial charge on any atom is -0.385 e. The van der Waals surface area contributed by atoms with Crippen molar-refractivity contribution in [3.63, 3.8) is 0 Å². The molecule has 100 valence electrons. The molecular formula is C16H16F2O. The van der Waals surface area contributed by atoms with Crippen LogP contribution in [0.15, 0.2) is 48.5 Å². The van der Waals surface area contributed by atoms with Crippen LogP contribution in [0.3, 0.4) is 0 Å². The Hall–Kier alpha value is -1.74. The fraction of sp³-hybridized carbons (Fsp3) is 0.250. The molecule has 0 radical (unpaired) electrons. The first-order valence-corrected chi connectivity index (χ1v) is 6.27. The van der Waals surface area contributed by atoms with E-state index in [1.807, 2.05) is 30.3 Å². The molecule has 1 unspecified atom stereocenters. The molecule has 1 atom stereocenters. The molecule has 1 nitrogen and oxygen atoms in total. The maximum absolute atomic E-state index is 13.9. The molecule has 0 fully saturated rings. The Morgan fingerprint density at radius 1 is 1.00 bits per heavy atom. The highest BCUT2D eigenvalue weighted by Gasteiger charge is 2.31. The Bertz CT molecular complexity index is 554. The van der Waals surface area contributed by atoms with Gasteiger partial charge < -0.3 is 5.11 Å². The standard InChI is InChI=1S/C16H16F2O/c1-2-16(19,11-12-7-4-3-5-8-12)13-9-6-10-14(17)15(13)18/h3-10,19H,2,11H2,1H3. The molecule has 0 heterocycles. The number of benzene rings is 2. The quantitative estimate of drug-likeness (QED) is 0.888. The van der Waals surface area contributed by atoms with E-state index in [1.54, 1.807) is 6.92 Å². The highest BCUT2D eigenvalue weighted by Crippen LogP contribution is 2.31. The topological polar surface area (TPSA) is 20.2 Å². The van der Waals surface area contributed by atoms with Crippen LogP contribution in [-0.4, -0.2) is 5.11 Å². The molecule has 3 heteroatoms. The number of hydrogen-bond donors (Lipinski definition) is 1. The molecule has 0 aliphatic heterocycles. The minimum absolute atomic E-state index is 0.0128. The van der Waals surface area contributed by atoms with Crippen molar-refractivity contribution in [1.29, 1.82) is 0 Å². The molecule has 0 bridgehead atoms. The van der Waals surface area contributed by atoms with Crippen LogP contribution < -0.4 is 0 Å². The summed E-state index contributed by atoms with van der Waals surface area (Å²) < 4.78 is 27.2. The Labute approximate surface area is 111 Å². The zero-order chi connectivity index (χ0) is 13.9. The molecule has 0 saturated carbocycles. The van der Waals surface area contributed by atoms with E-state index in [0.717, 1.165) is 11.6 Å². The van der Waals surface area contributed by atoms with Gasteiger partial charge in [0.15, 0.2) is 11.6 Å². The largest absolute Gasteiger partial charge is 0.385 e. The first-order valence-electron chi connectivity index (χ1n) is 6.27. The van der Waals surface area contributed by atoms with E-state index in [4.69, 9.17) is 0 Å². The summed E-state index contributed by atoms with van der Waals surface area (Å²) in [7, 11) is 0. The summed E-state index contributed by atoms with van der Waals surface area (Å²) in [6, 6.07) is 13.2. The molecular weight excluding hydrogens is 246 g/mol. The third-order valence-electron chi connectivity index (χ3n) is 3.38. The summed E-state index contributed by atoms with van der Waals surface area (Å²) in [5.41, 5.74) is -0.498. The molecule has 0 aromatic heterocycles. The molecule has 2 rings (SSSR count). The van der Waals surface area contributed by atoms with Crippen LogP contribution >= 0.6 is 0 Å². The maximum atomic E-state index is 13.9. The second-order valence-electron chi connectivity index (χ2n) is 4.65. The Kier molecular flexibility index (Phi) is 3.96. The third-order valence-corrected chi connectivity index (χ3v) is 3.38. The van der Waals surface area contributed by atoms with Crippen molar-refractivity contribution < 1.29 is 13.9 Å². The van der Waals surface area contributed by atoms with Crippen LogP contribution in [0, 0.1) is 11.6 Å². The molecule has 1 N–H and O–H groups in total. The van der Waals surface area contributed by atoms with Crippen molar-refractivity contribution in [2.45, 2.75) is 25.4 Å². The Morgan fingerprint density at radius 3 is 2.32 bits per heavy atom. The van der Waals surface area contributed by atoms with Crippen molar-refractivity contribution in [1.82, 2.24) is 0 Å². The van der Waals surface area contributed by atoms with Gasteiger partial charge in [-0.15, -0.1) is 0 Å². The summed E-state index contributed by atoms with van der Waals surface area (Å²) >= 11 is 0. The van der Waals surface area contributed by atoms with Gasteiger partial charge in [-0.3, -0.25) is 0 Å². The average molecular weight is 262 g/mol. The molecule has 0 spiro atoms. The van der Waals surface area contributed by atoms with E-state index in [9.17, 15) is 13.9 Å². The normalized spacial score (nSPS) is 14.1. The number of rotatable bonds is 4. The van der Waals surface area contributed by atoms with Gasteiger partial charge in [-0.25, -0.2) is 8.78 Å². The minimum atomic E-state index is -1.40. The highest BCUT2D eigenvalue weighted by molar-refractivity contribution is 5.28. The van der Waals surface area contributed by atoms with E-state index >= 15 is 0 Å².